The number of aliphatic hydroxyl groups is 1. The molecule has 0 radical (unpaired) electrons. The second-order valence-electron chi connectivity index (χ2n) is 8.16. The molecular formula is C23H22F4N4O4S. The fourth-order valence-electron chi connectivity index (χ4n) is 3.09. The van der Waals surface area contributed by atoms with Gasteiger partial charge in [0.05, 0.1) is 16.9 Å². The molecule has 13 heteroatoms. The summed E-state index contributed by atoms with van der Waals surface area (Å²) in [7, 11) is 0. The number of hydroxylamine groups is 1. The molecule has 192 valence electrons. The molecule has 1 aromatic heterocycles. The van der Waals surface area contributed by atoms with Gasteiger partial charge >= 0.3 is 6.18 Å². The molecule has 0 spiro atoms. The molecule has 8 nitrogen and oxygen atoms in total. The number of aromatic nitrogens is 2. The third-order valence-electron chi connectivity index (χ3n) is 4.99. The molecule has 0 bridgehead atoms. The van der Waals surface area contributed by atoms with Gasteiger partial charge in [-0.3, -0.25) is 15.5 Å². The zero-order valence-corrected chi connectivity index (χ0v) is 20.0. The van der Waals surface area contributed by atoms with Crippen molar-refractivity contribution in [1.82, 2.24) is 15.8 Å². The Morgan fingerprint density at radius 2 is 1.83 bits per heavy atom. The highest BCUT2D eigenvalue weighted by Crippen LogP contribution is 2.34. The average molecular weight is 527 g/mol. The largest absolute Gasteiger partial charge is 0.419 e. The predicted molar refractivity (Wildman–Crippen MR) is 123 cm³/mol. The van der Waals surface area contributed by atoms with E-state index in [0.29, 0.717) is 35.4 Å². The Hall–Kier alpha value is -3.29. The number of carbonyl (C=O) groups excluding carboxylic acids is 1. The van der Waals surface area contributed by atoms with E-state index >= 15 is 0 Å². The summed E-state index contributed by atoms with van der Waals surface area (Å²) in [6, 6.07) is 8.79. The van der Waals surface area contributed by atoms with Crippen LogP contribution in [0.15, 0.2) is 57.1 Å². The number of rotatable bonds is 9. The molecule has 0 atom stereocenters. The van der Waals surface area contributed by atoms with Gasteiger partial charge in [0.1, 0.15) is 5.82 Å². The molecule has 0 aliphatic carbocycles. The smallest absolute Gasteiger partial charge is 0.386 e. The third-order valence-corrected chi connectivity index (χ3v) is 6.02. The highest BCUT2D eigenvalue weighted by molar-refractivity contribution is 7.99. The summed E-state index contributed by atoms with van der Waals surface area (Å²) in [4.78, 5) is 16.3. The number of Topliss-reactive ketones (excluding diaryl/α,β-unsaturated/α-hetero) is 1. The summed E-state index contributed by atoms with van der Waals surface area (Å²) in [5, 5.41) is 27.0. The normalized spacial score (nSPS) is 12.6. The molecule has 0 aliphatic heterocycles. The van der Waals surface area contributed by atoms with Crippen LogP contribution in [0.1, 0.15) is 53.9 Å². The first-order valence-corrected chi connectivity index (χ1v) is 11.6. The maximum absolute atomic E-state index is 13.5. The van der Waals surface area contributed by atoms with Gasteiger partial charge in [0.25, 0.3) is 0 Å². The van der Waals surface area contributed by atoms with Crippen LogP contribution in [-0.2, 0) is 11.8 Å². The van der Waals surface area contributed by atoms with Crippen LogP contribution in [-0.4, -0.2) is 38.0 Å². The first kappa shape index (κ1) is 27.3. The molecular weight excluding hydrogens is 504 g/mol. The minimum Gasteiger partial charge on any atom is -0.386 e. The molecule has 0 saturated carbocycles. The van der Waals surface area contributed by atoms with Crippen LogP contribution >= 0.6 is 11.8 Å². The van der Waals surface area contributed by atoms with E-state index in [4.69, 9.17) is 0 Å². The van der Waals surface area contributed by atoms with E-state index in [9.17, 15) is 32.7 Å². The van der Waals surface area contributed by atoms with E-state index in [1.807, 2.05) is 0 Å². The van der Waals surface area contributed by atoms with Crippen LogP contribution in [0.2, 0.25) is 0 Å². The lowest BCUT2D eigenvalue weighted by Gasteiger charge is -2.17. The van der Waals surface area contributed by atoms with Gasteiger partial charge in [-0.15, -0.1) is 11.8 Å². The zero-order chi connectivity index (χ0) is 26.5. The minimum absolute atomic E-state index is 0.0751. The number of nitrogens with zero attached hydrogens (tertiary/aromatic N) is 3. The fraction of sp³-hybridized carbons (Fsp3) is 0.304. The molecule has 0 amide bonds. The van der Waals surface area contributed by atoms with Gasteiger partial charge in [-0.2, -0.15) is 13.2 Å². The Bertz CT molecular complexity index is 1240. The van der Waals surface area contributed by atoms with Gasteiger partial charge in [0.15, 0.2) is 22.3 Å². The number of hydrogen-bond donors (Lipinski definition) is 3. The molecule has 0 unspecified atom stereocenters. The Kier molecular flexibility index (Phi) is 8.48. The molecule has 0 aliphatic rings. The number of thioether (sulfide) groups is 1. The molecule has 3 rings (SSSR count). The third kappa shape index (κ3) is 6.89. The number of hydrogen-bond acceptors (Lipinski definition) is 8. The highest BCUT2D eigenvalue weighted by Gasteiger charge is 2.34. The summed E-state index contributed by atoms with van der Waals surface area (Å²) in [6.45, 7) is 3.30. The van der Waals surface area contributed by atoms with Crippen LogP contribution < -0.4 is 5.48 Å². The number of alkyl halides is 3. The SMILES string of the molecule is CC(C)(O)c1ccc(C(=O)CCCSc2nonc2C(=Nc2ccc(F)c(C(F)(F)F)c2)NO)cc1. The summed E-state index contributed by atoms with van der Waals surface area (Å²) < 4.78 is 57.1. The summed E-state index contributed by atoms with van der Waals surface area (Å²) in [5.41, 5.74) is 0.0502. The van der Waals surface area contributed by atoms with Crippen molar-refractivity contribution >= 4 is 29.1 Å². The number of aliphatic imine (C=N–C) groups is 1. The Labute approximate surface area is 207 Å². The molecule has 3 N–H and O–H groups in total. The quantitative estimate of drug-likeness (QED) is 0.0656. The van der Waals surface area contributed by atoms with Crippen LogP contribution in [0, 0.1) is 5.82 Å². The van der Waals surface area contributed by atoms with Crippen LogP contribution in [0.3, 0.4) is 0 Å². The molecule has 1 heterocycles. The lowest BCUT2D eigenvalue weighted by molar-refractivity contribution is -0.139. The van der Waals surface area contributed by atoms with E-state index < -0.39 is 23.2 Å². The Morgan fingerprint density at radius 1 is 1.14 bits per heavy atom. The minimum atomic E-state index is -4.92. The number of benzene rings is 2. The molecule has 2 aromatic carbocycles. The van der Waals surface area contributed by atoms with Gasteiger partial charge in [0, 0.05) is 17.7 Å². The lowest BCUT2D eigenvalue weighted by atomic mass is 9.96. The van der Waals surface area contributed by atoms with E-state index in [1.54, 1.807) is 43.6 Å². The van der Waals surface area contributed by atoms with E-state index in [-0.39, 0.29) is 34.4 Å². The average Bonchev–Trinajstić information content (AvgIpc) is 3.28. The summed E-state index contributed by atoms with van der Waals surface area (Å²) in [6.07, 6.45) is -4.24. The van der Waals surface area contributed by atoms with Gasteiger partial charge < -0.3 is 5.11 Å². The lowest BCUT2D eigenvalue weighted by Crippen LogP contribution is -2.21. The van der Waals surface area contributed by atoms with Crippen molar-refractivity contribution in [1.29, 1.82) is 0 Å². The molecule has 3 aromatic rings. The fourth-order valence-corrected chi connectivity index (χ4v) is 3.93. The van der Waals surface area contributed by atoms with Gasteiger partial charge in [0.2, 0.25) is 0 Å². The van der Waals surface area contributed by atoms with Crippen molar-refractivity contribution in [3.8, 4) is 0 Å². The number of ketones is 1. The van der Waals surface area contributed by atoms with Crippen molar-refractivity contribution in [2.45, 2.75) is 43.5 Å². The van der Waals surface area contributed by atoms with E-state index in [2.05, 4.69) is 19.9 Å². The number of halogens is 4. The highest BCUT2D eigenvalue weighted by atomic mass is 32.2. The van der Waals surface area contributed by atoms with Crippen LogP contribution in [0.5, 0.6) is 0 Å². The Balaban J connectivity index is 1.64. The predicted octanol–water partition coefficient (Wildman–Crippen LogP) is 5.27. The second-order valence-corrected chi connectivity index (χ2v) is 9.25. The van der Waals surface area contributed by atoms with Crippen molar-refractivity contribution in [3.05, 3.63) is 70.7 Å². The molecule has 0 saturated heterocycles. The van der Waals surface area contributed by atoms with E-state index in [0.717, 1.165) is 17.8 Å². The van der Waals surface area contributed by atoms with Crippen molar-refractivity contribution in [2.24, 2.45) is 4.99 Å². The Morgan fingerprint density at radius 3 is 2.44 bits per heavy atom. The maximum atomic E-state index is 13.5. The van der Waals surface area contributed by atoms with Gasteiger partial charge in [-0.1, -0.05) is 24.3 Å². The van der Waals surface area contributed by atoms with Gasteiger partial charge in [-0.25, -0.2) is 14.0 Å². The van der Waals surface area contributed by atoms with Crippen molar-refractivity contribution in [2.75, 3.05) is 5.75 Å². The van der Waals surface area contributed by atoms with Crippen LogP contribution in [0.4, 0.5) is 23.2 Å². The van der Waals surface area contributed by atoms with Gasteiger partial charge in [-0.05, 0) is 54.3 Å². The van der Waals surface area contributed by atoms with Crippen LogP contribution in [0.25, 0.3) is 0 Å². The number of nitrogens with one attached hydrogen (secondary N) is 1. The second kappa shape index (κ2) is 11.2. The monoisotopic (exact) mass is 526 g/mol. The molecule has 0 fully saturated rings. The zero-order valence-electron chi connectivity index (χ0n) is 19.1. The first-order valence-electron chi connectivity index (χ1n) is 10.6. The summed E-state index contributed by atoms with van der Waals surface area (Å²) >= 11 is 1.14. The van der Waals surface area contributed by atoms with Crippen molar-refractivity contribution in [3.63, 3.8) is 0 Å². The number of carbonyl (C=O) groups is 1. The standard InChI is InChI=1S/C23H22F4N4O4S/c1-22(2,33)14-7-5-13(6-8-14)18(32)4-3-11-36-21-19(30-35-31-21)20(29-34)28-15-9-10-17(24)16(12-15)23(25,26)27/h5-10,12,33-34H,3-4,11H2,1-2H3,(H,28,29). The number of amidine groups is 1. The topological polar surface area (TPSA) is 121 Å². The molecule has 36 heavy (non-hydrogen) atoms. The maximum Gasteiger partial charge on any atom is 0.419 e. The van der Waals surface area contributed by atoms with Crippen molar-refractivity contribution < 1.29 is 37.3 Å². The summed E-state index contributed by atoms with van der Waals surface area (Å²) in [5.74, 6) is -1.50. The first-order chi connectivity index (χ1) is 16.9. The van der Waals surface area contributed by atoms with E-state index in [1.165, 1.54) is 0 Å².